The Morgan fingerprint density at radius 1 is 1.13 bits per heavy atom. The third kappa shape index (κ3) is 6.82. The second kappa shape index (κ2) is 8.17. The van der Waals surface area contributed by atoms with Gasteiger partial charge in [-0.2, -0.15) is 0 Å². The number of carbonyl (C=O) groups excluding carboxylic acids is 3. The molecule has 7 heteroatoms. The number of esters is 2. The third-order valence-electron chi connectivity index (χ3n) is 2.57. The van der Waals surface area contributed by atoms with E-state index in [9.17, 15) is 14.4 Å². The highest BCUT2D eigenvalue weighted by atomic mass is 16.6. The zero-order chi connectivity index (χ0) is 17.5. The monoisotopic (exact) mass is 323 g/mol. The van der Waals surface area contributed by atoms with Crippen LogP contribution < -0.4 is 5.32 Å². The largest absolute Gasteiger partial charge is 0.467 e. The number of benzene rings is 1. The number of hydrogen-bond donors (Lipinski definition) is 1. The van der Waals surface area contributed by atoms with Crippen LogP contribution in [0.25, 0.3) is 0 Å². The van der Waals surface area contributed by atoms with Gasteiger partial charge in [-0.05, 0) is 32.9 Å². The van der Waals surface area contributed by atoms with E-state index >= 15 is 0 Å². The summed E-state index contributed by atoms with van der Waals surface area (Å²) in [6.45, 7) is 4.71. The van der Waals surface area contributed by atoms with E-state index in [0.29, 0.717) is 5.56 Å². The minimum absolute atomic E-state index is 0.341. The van der Waals surface area contributed by atoms with Crippen molar-refractivity contribution in [1.82, 2.24) is 5.32 Å². The van der Waals surface area contributed by atoms with Gasteiger partial charge in [-0.15, -0.1) is 0 Å². The van der Waals surface area contributed by atoms with Gasteiger partial charge in [0.15, 0.2) is 6.04 Å². The Bertz CT molecular complexity index is 549. The molecule has 0 aromatic heterocycles. The minimum atomic E-state index is -1.15. The molecule has 0 spiro atoms. The van der Waals surface area contributed by atoms with Crippen LogP contribution in [-0.2, 0) is 19.0 Å². The van der Waals surface area contributed by atoms with E-state index in [0.717, 1.165) is 0 Å². The molecule has 0 unspecified atom stereocenters. The second-order valence-electron chi connectivity index (χ2n) is 5.69. The summed E-state index contributed by atoms with van der Waals surface area (Å²) in [6, 6.07) is 7.15. The molecule has 0 saturated carbocycles. The zero-order valence-corrected chi connectivity index (χ0v) is 13.6. The molecule has 1 amide bonds. The Labute approximate surface area is 134 Å². The summed E-state index contributed by atoms with van der Waals surface area (Å²) < 4.78 is 14.7. The van der Waals surface area contributed by atoms with Crippen LogP contribution in [0, 0.1) is 0 Å². The summed E-state index contributed by atoms with van der Waals surface area (Å²) in [6.07, 6.45) is -0.802. The van der Waals surface area contributed by atoms with Gasteiger partial charge in [0.25, 0.3) is 0 Å². The van der Waals surface area contributed by atoms with Crippen LogP contribution in [0.2, 0.25) is 0 Å². The number of alkyl carbamates (subject to hydrolysis) is 1. The molecule has 0 fully saturated rings. The van der Waals surface area contributed by atoms with E-state index in [1.165, 1.54) is 7.11 Å². The molecular weight excluding hydrogens is 302 g/mol. The molecule has 0 radical (unpaired) electrons. The van der Waals surface area contributed by atoms with Gasteiger partial charge in [-0.3, -0.25) is 0 Å². The van der Waals surface area contributed by atoms with E-state index in [1.54, 1.807) is 51.1 Å². The molecule has 1 N–H and O–H groups in total. The molecule has 1 aromatic rings. The molecule has 23 heavy (non-hydrogen) atoms. The summed E-state index contributed by atoms with van der Waals surface area (Å²) in [5.74, 6) is -1.35. The number of methoxy groups -OCH3 is 1. The number of amides is 1. The first-order valence-corrected chi connectivity index (χ1v) is 7.02. The summed E-state index contributed by atoms with van der Waals surface area (Å²) in [5.41, 5.74) is -0.376. The Kier molecular flexibility index (Phi) is 6.56. The zero-order valence-electron chi connectivity index (χ0n) is 13.6. The Morgan fingerprint density at radius 3 is 2.26 bits per heavy atom. The smallest absolute Gasteiger partial charge is 0.408 e. The average molecular weight is 323 g/mol. The predicted octanol–water partition coefficient (Wildman–Crippen LogP) is 1.91. The maximum Gasteiger partial charge on any atom is 0.408 e. The molecule has 0 saturated heterocycles. The first-order chi connectivity index (χ1) is 10.7. The normalized spacial score (nSPS) is 12.0. The number of nitrogens with one attached hydrogen (secondary N) is 1. The number of rotatable bonds is 5. The van der Waals surface area contributed by atoms with Crippen LogP contribution in [-0.4, -0.2) is 43.4 Å². The van der Waals surface area contributed by atoms with Gasteiger partial charge in [0.2, 0.25) is 0 Å². The van der Waals surface area contributed by atoms with Gasteiger partial charge < -0.3 is 19.5 Å². The number of hydrogen-bond acceptors (Lipinski definition) is 6. The molecule has 0 heterocycles. The quantitative estimate of drug-likeness (QED) is 0.657. The number of ether oxygens (including phenoxy) is 3. The van der Waals surface area contributed by atoms with E-state index in [2.05, 4.69) is 10.1 Å². The molecule has 1 aromatic carbocycles. The van der Waals surface area contributed by atoms with Crippen LogP contribution in [0.4, 0.5) is 4.79 Å². The first kappa shape index (κ1) is 18.5. The summed E-state index contributed by atoms with van der Waals surface area (Å²) in [4.78, 5) is 35.3. The highest BCUT2D eigenvalue weighted by molar-refractivity contribution is 5.89. The lowest BCUT2D eigenvalue weighted by Crippen LogP contribution is -2.47. The van der Waals surface area contributed by atoms with Crippen LogP contribution in [0.5, 0.6) is 0 Å². The van der Waals surface area contributed by atoms with Crippen LogP contribution in [0.3, 0.4) is 0 Å². The van der Waals surface area contributed by atoms with Gasteiger partial charge in [-0.25, -0.2) is 14.4 Å². The van der Waals surface area contributed by atoms with Crippen molar-refractivity contribution in [3.05, 3.63) is 35.9 Å². The Hall–Kier alpha value is -2.57. The average Bonchev–Trinajstić information content (AvgIpc) is 2.49. The molecule has 0 bridgehead atoms. The lowest BCUT2D eigenvalue weighted by molar-refractivity contribution is -0.144. The van der Waals surface area contributed by atoms with E-state index < -0.39 is 29.7 Å². The van der Waals surface area contributed by atoms with Gasteiger partial charge in [0.05, 0.1) is 12.7 Å². The van der Waals surface area contributed by atoms with Crippen molar-refractivity contribution in [2.24, 2.45) is 0 Å². The van der Waals surface area contributed by atoms with E-state index in [4.69, 9.17) is 9.47 Å². The number of carbonyl (C=O) groups is 3. The van der Waals surface area contributed by atoms with Crippen LogP contribution >= 0.6 is 0 Å². The molecular formula is C16H21NO6. The van der Waals surface area contributed by atoms with E-state index in [-0.39, 0.29) is 6.61 Å². The molecule has 0 aliphatic heterocycles. The fraction of sp³-hybridized carbons (Fsp3) is 0.438. The fourth-order valence-corrected chi connectivity index (χ4v) is 1.58. The molecule has 1 rings (SSSR count). The second-order valence-corrected chi connectivity index (χ2v) is 5.69. The first-order valence-electron chi connectivity index (χ1n) is 7.02. The van der Waals surface area contributed by atoms with Crippen LogP contribution in [0.1, 0.15) is 31.1 Å². The minimum Gasteiger partial charge on any atom is -0.467 e. The lowest BCUT2D eigenvalue weighted by atomic mass is 10.2. The van der Waals surface area contributed by atoms with Crippen molar-refractivity contribution in [2.75, 3.05) is 13.7 Å². The van der Waals surface area contributed by atoms with Crippen molar-refractivity contribution in [2.45, 2.75) is 32.4 Å². The summed E-state index contributed by atoms with van der Waals surface area (Å²) in [7, 11) is 1.17. The third-order valence-corrected chi connectivity index (χ3v) is 2.57. The van der Waals surface area contributed by atoms with Crippen LogP contribution in [0.15, 0.2) is 30.3 Å². The lowest BCUT2D eigenvalue weighted by Gasteiger charge is -2.22. The van der Waals surface area contributed by atoms with Gasteiger partial charge in [0.1, 0.15) is 12.2 Å². The van der Waals surface area contributed by atoms with Crippen molar-refractivity contribution in [1.29, 1.82) is 0 Å². The summed E-state index contributed by atoms with van der Waals surface area (Å²) >= 11 is 0. The molecule has 0 aliphatic carbocycles. The van der Waals surface area contributed by atoms with Gasteiger partial charge in [-0.1, -0.05) is 18.2 Å². The Morgan fingerprint density at radius 2 is 1.74 bits per heavy atom. The highest BCUT2D eigenvalue weighted by Crippen LogP contribution is 2.07. The molecule has 0 aliphatic rings. The van der Waals surface area contributed by atoms with Crippen molar-refractivity contribution in [3.8, 4) is 0 Å². The maximum atomic E-state index is 11.9. The van der Waals surface area contributed by atoms with Crippen molar-refractivity contribution >= 4 is 18.0 Å². The van der Waals surface area contributed by atoms with E-state index in [1.807, 2.05) is 0 Å². The predicted molar refractivity (Wildman–Crippen MR) is 81.9 cm³/mol. The highest BCUT2D eigenvalue weighted by Gasteiger charge is 2.26. The van der Waals surface area contributed by atoms with Crippen molar-refractivity contribution in [3.63, 3.8) is 0 Å². The van der Waals surface area contributed by atoms with Crippen molar-refractivity contribution < 1.29 is 28.6 Å². The topological polar surface area (TPSA) is 90.9 Å². The fourth-order valence-electron chi connectivity index (χ4n) is 1.58. The Balaban J connectivity index is 2.63. The standard InChI is InChI=1S/C16H21NO6/c1-16(2,3)23-15(20)17-12(14(19)21-4)10-22-13(18)11-8-6-5-7-9-11/h5-9,12H,10H2,1-4H3,(H,17,20)/t12-/m0/s1. The summed E-state index contributed by atoms with van der Waals surface area (Å²) in [5, 5.41) is 2.32. The molecule has 1 atom stereocenters. The van der Waals surface area contributed by atoms with Gasteiger partial charge >= 0.3 is 18.0 Å². The maximum absolute atomic E-state index is 11.9. The molecule has 126 valence electrons. The van der Waals surface area contributed by atoms with Gasteiger partial charge in [0, 0.05) is 0 Å². The SMILES string of the molecule is COC(=O)[C@H](COC(=O)c1ccccc1)NC(=O)OC(C)(C)C. The molecule has 7 nitrogen and oxygen atoms in total.